The van der Waals surface area contributed by atoms with Gasteiger partial charge in [-0.1, -0.05) is 11.6 Å². The van der Waals surface area contributed by atoms with Gasteiger partial charge in [-0.25, -0.2) is 9.50 Å². The fourth-order valence-corrected chi connectivity index (χ4v) is 6.60. The summed E-state index contributed by atoms with van der Waals surface area (Å²) in [5.41, 5.74) is -0.906. The van der Waals surface area contributed by atoms with Crippen LogP contribution in [0.25, 0.3) is 17.2 Å². The van der Waals surface area contributed by atoms with Crippen molar-refractivity contribution in [2.24, 2.45) is 17.8 Å². The first-order valence-electron chi connectivity index (χ1n) is 10.2. The van der Waals surface area contributed by atoms with E-state index in [-0.39, 0.29) is 33.4 Å². The highest BCUT2D eigenvalue weighted by Crippen LogP contribution is 2.60. The average Bonchev–Trinajstić information content (AvgIpc) is 3.25. The summed E-state index contributed by atoms with van der Waals surface area (Å²) in [6.07, 6.45) is 2.37. The number of halogens is 4. The molecule has 0 aromatic carbocycles. The molecule has 6 nitrogen and oxygen atoms in total. The number of alkyl halides is 3. The zero-order valence-corrected chi connectivity index (χ0v) is 17.0. The van der Waals surface area contributed by atoms with Gasteiger partial charge in [0.15, 0.2) is 11.3 Å². The Hall–Kier alpha value is -2.16. The van der Waals surface area contributed by atoms with Crippen molar-refractivity contribution in [2.75, 3.05) is 0 Å². The maximum Gasteiger partial charge on any atom is 0.433 e. The van der Waals surface area contributed by atoms with E-state index in [1.54, 1.807) is 0 Å². The Morgan fingerprint density at radius 3 is 2.33 bits per heavy atom. The van der Waals surface area contributed by atoms with E-state index in [9.17, 15) is 13.2 Å². The van der Waals surface area contributed by atoms with Gasteiger partial charge >= 0.3 is 6.18 Å². The molecule has 0 unspecified atom stereocenters. The van der Waals surface area contributed by atoms with Gasteiger partial charge in [0.25, 0.3) is 5.89 Å². The molecule has 158 valence electrons. The lowest BCUT2D eigenvalue weighted by atomic mass is 9.49. The molecule has 10 heteroatoms. The van der Waals surface area contributed by atoms with Gasteiger partial charge in [-0.2, -0.15) is 18.3 Å². The van der Waals surface area contributed by atoms with E-state index in [2.05, 4.69) is 20.3 Å². The minimum absolute atomic E-state index is 0.0232. The second kappa shape index (κ2) is 5.96. The fourth-order valence-electron chi connectivity index (χ4n) is 6.36. The first-order valence-corrected chi connectivity index (χ1v) is 10.6. The van der Waals surface area contributed by atoms with Crippen LogP contribution in [0.2, 0.25) is 5.02 Å². The average molecular weight is 438 g/mol. The highest BCUT2D eigenvalue weighted by atomic mass is 35.5. The minimum atomic E-state index is -4.60. The molecule has 3 heterocycles. The van der Waals surface area contributed by atoms with Crippen molar-refractivity contribution in [3.63, 3.8) is 0 Å². The van der Waals surface area contributed by atoms with Crippen LogP contribution < -0.4 is 0 Å². The molecule has 0 amide bonds. The van der Waals surface area contributed by atoms with Gasteiger partial charge in [0.2, 0.25) is 5.89 Å². The quantitative estimate of drug-likeness (QED) is 0.549. The molecule has 0 N–H and O–H groups in total. The van der Waals surface area contributed by atoms with E-state index in [0.717, 1.165) is 25.3 Å². The third-order valence-corrected chi connectivity index (χ3v) is 7.42. The first kappa shape index (κ1) is 18.6. The van der Waals surface area contributed by atoms with Crippen molar-refractivity contribution >= 4 is 17.2 Å². The molecule has 3 aromatic rings. The van der Waals surface area contributed by atoms with E-state index >= 15 is 0 Å². The van der Waals surface area contributed by atoms with Crippen LogP contribution in [0, 0.1) is 24.7 Å². The van der Waals surface area contributed by atoms with E-state index < -0.39 is 11.9 Å². The monoisotopic (exact) mass is 437 g/mol. The molecule has 4 fully saturated rings. The summed E-state index contributed by atoms with van der Waals surface area (Å²) in [6, 6.07) is 0.939. The largest absolute Gasteiger partial charge is 0.433 e. The smallest absolute Gasteiger partial charge is 0.419 e. The Bertz CT molecular complexity index is 1130. The van der Waals surface area contributed by atoms with Crippen LogP contribution in [-0.2, 0) is 11.6 Å². The summed E-state index contributed by atoms with van der Waals surface area (Å²) < 4.78 is 47.2. The number of hydrogen-bond acceptors (Lipinski definition) is 5. The van der Waals surface area contributed by atoms with Crippen LogP contribution in [0.1, 0.15) is 55.8 Å². The van der Waals surface area contributed by atoms with Crippen LogP contribution in [0.4, 0.5) is 13.2 Å². The molecular weight excluding hydrogens is 419 g/mol. The van der Waals surface area contributed by atoms with E-state index in [1.807, 2.05) is 0 Å². The highest BCUT2D eigenvalue weighted by Gasteiger charge is 2.54. The second-order valence-electron chi connectivity index (χ2n) is 9.29. The number of nitrogens with zero attached hydrogens (tertiary/aromatic N) is 5. The standard InChI is InChI=1S/C20H19ClF3N5O/c1-9-2-13(20(22,23)24)29-16(25-9)14(21)15(28-29)17-26-27-18(30-17)19-6-10-3-11(7-19)5-12(4-10)8-19/h2,10-12H,3-8H2,1H3. The van der Waals surface area contributed by atoms with Crippen molar-refractivity contribution in [1.29, 1.82) is 0 Å². The topological polar surface area (TPSA) is 69.1 Å². The van der Waals surface area contributed by atoms with Crippen LogP contribution >= 0.6 is 11.6 Å². The lowest BCUT2D eigenvalue weighted by Crippen LogP contribution is -2.48. The predicted molar refractivity (Wildman–Crippen MR) is 101 cm³/mol. The third-order valence-electron chi connectivity index (χ3n) is 7.07. The van der Waals surface area contributed by atoms with E-state index in [4.69, 9.17) is 16.0 Å². The van der Waals surface area contributed by atoms with Gasteiger partial charge in [-0.3, -0.25) is 0 Å². The summed E-state index contributed by atoms with van der Waals surface area (Å²) in [7, 11) is 0. The maximum atomic E-state index is 13.5. The molecule has 0 radical (unpaired) electrons. The number of fused-ring (bicyclic) bond motifs is 1. The van der Waals surface area contributed by atoms with Gasteiger partial charge < -0.3 is 4.42 Å². The Balaban J connectivity index is 1.44. The Labute approximate surface area is 174 Å². The lowest BCUT2D eigenvalue weighted by molar-refractivity contribution is -0.142. The summed E-state index contributed by atoms with van der Waals surface area (Å²) in [4.78, 5) is 4.14. The van der Waals surface area contributed by atoms with E-state index in [0.29, 0.717) is 28.2 Å². The molecule has 3 aromatic heterocycles. The molecule has 4 bridgehead atoms. The Kier molecular flexibility index (Phi) is 3.69. The molecule has 0 spiro atoms. The second-order valence-corrected chi connectivity index (χ2v) is 9.67. The summed E-state index contributed by atoms with van der Waals surface area (Å²) in [5, 5.41) is 12.5. The Morgan fingerprint density at radius 1 is 1.10 bits per heavy atom. The predicted octanol–water partition coefficient (Wildman–Crippen LogP) is 5.23. The third kappa shape index (κ3) is 2.63. The van der Waals surface area contributed by atoms with Crippen LogP contribution in [0.5, 0.6) is 0 Å². The normalized spacial score (nSPS) is 30.5. The van der Waals surface area contributed by atoms with Crippen LogP contribution in [0.3, 0.4) is 0 Å². The number of hydrogen-bond donors (Lipinski definition) is 0. The van der Waals surface area contributed by atoms with Crippen molar-refractivity contribution < 1.29 is 17.6 Å². The summed E-state index contributed by atoms with van der Waals surface area (Å²) in [6.45, 7) is 1.48. The fraction of sp³-hybridized carbons (Fsp3) is 0.600. The minimum Gasteiger partial charge on any atom is -0.419 e. The lowest BCUT2D eigenvalue weighted by Gasteiger charge is -2.55. The van der Waals surface area contributed by atoms with Crippen molar-refractivity contribution in [2.45, 2.75) is 57.0 Å². The number of rotatable bonds is 2. The molecule has 4 aliphatic carbocycles. The molecular formula is C20H19ClF3N5O. The van der Waals surface area contributed by atoms with Gasteiger partial charge in [0.05, 0.1) is 0 Å². The van der Waals surface area contributed by atoms with Crippen molar-refractivity contribution in [3.8, 4) is 11.6 Å². The van der Waals surface area contributed by atoms with Crippen LogP contribution in [-0.4, -0.2) is 24.8 Å². The molecule has 30 heavy (non-hydrogen) atoms. The van der Waals surface area contributed by atoms with E-state index in [1.165, 1.54) is 26.2 Å². The summed E-state index contributed by atoms with van der Waals surface area (Å²) in [5.74, 6) is 2.72. The Morgan fingerprint density at radius 2 is 1.73 bits per heavy atom. The zero-order chi connectivity index (χ0) is 20.8. The molecule has 7 rings (SSSR count). The summed E-state index contributed by atoms with van der Waals surface area (Å²) >= 11 is 6.37. The van der Waals surface area contributed by atoms with Gasteiger partial charge in [0.1, 0.15) is 10.7 Å². The van der Waals surface area contributed by atoms with Gasteiger partial charge in [0, 0.05) is 11.1 Å². The molecule has 0 atom stereocenters. The first-order chi connectivity index (χ1) is 14.2. The number of aryl methyl sites for hydroxylation is 1. The zero-order valence-electron chi connectivity index (χ0n) is 16.2. The van der Waals surface area contributed by atoms with Crippen molar-refractivity contribution in [3.05, 3.63) is 28.4 Å². The SMILES string of the molecule is Cc1cc(C(F)(F)F)n2nc(-c3nnc(C45CC6CC(CC(C6)C4)C5)o3)c(Cl)c2n1. The van der Waals surface area contributed by atoms with Gasteiger partial charge in [-0.05, 0) is 69.3 Å². The van der Waals surface area contributed by atoms with Gasteiger partial charge in [-0.15, -0.1) is 10.2 Å². The molecule has 4 saturated carbocycles. The molecule has 0 saturated heterocycles. The maximum absolute atomic E-state index is 13.5. The number of aromatic nitrogens is 5. The van der Waals surface area contributed by atoms with Crippen molar-refractivity contribution in [1.82, 2.24) is 24.8 Å². The highest BCUT2D eigenvalue weighted by molar-refractivity contribution is 6.35. The van der Waals surface area contributed by atoms with Crippen LogP contribution in [0.15, 0.2) is 10.5 Å². The molecule has 0 aliphatic heterocycles. The molecule has 4 aliphatic rings.